The maximum Gasteiger partial charge on any atom is 0.218 e. The van der Waals surface area contributed by atoms with Gasteiger partial charge >= 0.3 is 0 Å². The Morgan fingerprint density at radius 1 is 1.33 bits per heavy atom. The third-order valence-electron chi connectivity index (χ3n) is 3.52. The number of likely N-dealkylation sites (N-methyl/N-ethyl adjacent to an activating group) is 1. The molecule has 1 atom stereocenters. The summed E-state index contributed by atoms with van der Waals surface area (Å²) < 4.78 is 26.4. The summed E-state index contributed by atoms with van der Waals surface area (Å²) in [5, 5.41) is 3.95. The molecule has 1 heterocycles. The Morgan fingerprint density at radius 3 is 2.67 bits per heavy atom. The predicted octanol–water partition coefficient (Wildman–Crippen LogP) is 2.93. The van der Waals surface area contributed by atoms with Crippen LogP contribution in [0.5, 0.6) is 0 Å². The highest BCUT2D eigenvalue weighted by Gasteiger charge is 2.28. The molecule has 21 heavy (non-hydrogen) atoms. The Hall–Kier alpha value is -0.0400. The van der Waals surface area contributed by atoms with Gasteiger partial charge < -0.3 is 5.32 Å². The van der Waals surface area contributed by atoms with Crippen LogP contribution in [0.3, 0.4) is 0 Å². The molecule has 4 nitrogen and oxygen atoms in total. The summed E-state index contributed by atoms with van der Waals surface area (Å²) in [6, 6.07) is 5.17. The number of rotatable bonds is 4. The Morgan fingerprint density at radius 2 is 2.05 bits per heavy atom. The molecule has 1 aromatic carbocycles. The number of hydrogen-bond donors (Lipinski definition) is 1. The van der Waals surface area contributed by atoms with Gasteiger partial charge in [-0.1, -0.05) is 29.3 Å². The molecule has 120 valence electrons. The topological polar surface area (TPSA) is 49.4 Å². The van der Waals surface area contributed by atoms with Crippen molar-refractivity contribution in [2.75, 3.05) is 20.1 Å². The molecule has 1 unspecified atom stereocenters. The molecule has 1 N–H and O–H groups in total. The maximum atomic E-state index is 12.4. The zero-order valence-corrected chi connectivity index (χ0v) is 14.8. The molecule has 1 fully saturated rings. The monoisotopic (exact) mass is 372 g/mol. The van der Waals surface area contributed by atoms with E-state index in [1.54, 1.807) is 22.5 Å². The molecule has 0 amide bonds. The standard InChI is InChI=1S/C13H18Cl2N2O2S.ClH/c1-16-11-3-2-6-17(8-11)20(18,19)9-10-4-5-12(14)13(15)7-10;/h4-5,7,11,16H,2-3,6,8-9H2,1H3;1H. The van der Waals surface area contributed by atoms with Crippen LogP contribution in [0, 0.1) is 0 Å². The van der Waals surface area contributed by atoms with Crippen LogP contribution in [0.4, 0.5) is 0 Å². The van der Waals surface area contributed by atoms with Gasteiger partial charge in [-0.15, -0.1) is 12.4 Å². The number of sulfonamides is 1. The number of hydrogen-bond acceptors (Lipinski definition) is 3. The number of piperidine rings is 1. The van der Waals surface area contributed by atoms with Crippen LogP contribution in [0.25, 0.3) is 0 Å². The fourth-order valence-electron chi connectivity index (χ4n) is 2.36. The van der Waals surface area contributed by atoms with E-state index in [4.69, 9.17) is 23.2 Å². The molecular weight excluding hydrogens is 355 g/mol. The average Bonchev–Trinajstić information content (AvgIpc) is 2.43. The number of halogens is 3. The van der Waals surface area contributed by atoms with E-state index in [0.717, 1.165) is 12.8 Å². The summed E-state index contributed by atoms with van der Waals surface area (Å²) in [7, 11) is -1.46. The van der Waals surface area contributed by atoms with Crippen molar-refractivity contribution in [1.29, 1.82) is 0 Å². The lowest BCUT2D eigenvalue weighted by Gasteiger charge is -2.31. The molecule has 0 aliphatic carbocycles. The number of nitrogens with zero attached hydrogens (tertiary/aromatic N) is 1. The lowest BCUT2D eigenvalue weighted by atomic mass is 10.1. The zero-order valence-electron chi connectivity index (χ0n) is 11.7. The molecule has 0 spiro atoms. The van der Waals surface area contributed by atoms with Gasteiger partial charge in [0, 0.05) is 19.1 Å². The normalized spacial score (nSPS) is 20.0. The first kappa shape index (κ1) is 19.0. The highest BCUT2D eigenvalue weighted by molar-refractivity contribution is 7.88. The van der Waals surface area contributed by atoms with E-state index in [9.17, 15) is 8.42 Å². The van der Waals surface area contributed by atoms with Crippen LogP contribution in [-0.4, -0.2) is 38.9 Å². The van der Waals surface area contributed by atoms with E-state index >= 15 is 0 Å². The second-order valence-electron chi connectivity index (χ2n) is 4.99. The SMILES string of the molecule is CNC1CCCN(S(=O)(=O)Cc2ccc(Cl)c(Cl)c2)C1.Cl. The Labute approximate surface area is 142 Å². The summed E-state index contributed by atoms with van der Waals surface area (Å²) in [6.45, 7) is 1.11. The van der Waals surface area contributed by atoms with E-state index in [1.807, 2.05) is 7.05 Å². The summed E-state index contributed by atoms with van der Waals surface area (Å²) in [5.74, 6) is -0.0413. The summed E-state index contributed by atoms with van der Waals surface area (Å²) >= 11 is 11.8. The van der Waals surface area contributed by atoms with Crippen LogP contribution in [0.15, 0.2) is 18.2 Å². The van der Waals surface area contributed by atoms with Gasteiger partial charge in [0.15, 0.2) is 0 Å². The fraction of sp³-hybridized carbons (Fsp3) is 0.538. The first-order valence-corrected chi connectivity index (χ1v) is 8.88. The molecule has 0 radical (unpaired) electrons. The van der Waals surface area contributed by atoms with Crippen molar-refractivity contribution in [1.82, 2.24) is 9.62 Å². The highest BCUT2D eigenvalue weighted by atomic mass is 35.5. The van der Waals surface area contributed by atoms with E-state index in [2.05, 4.69) is 5.32 Å². The zero-order chi connectivity index (χ0) is 14.8. The maximum absolute atomic E-state index is 12.4. The van der Waals surface area contributed by atoms with E-state index < -0.39 is 10.0 Å². The van der Waals surface area contributed by atoms with Crippen molar-refractivity contribution in [2.24, 2.45) is 0 Å². The molecule has 0 aromatic heterocycles. The third kappa shape index (κ3) is 4.98. The minimum atomic E-state index is -3.32. The largest absolute Gasteiger partial charge is 0.316 e. The first-order chi connectivity index (χ1) is 9.42. The van der Waals surface area contributed by atoms with Gasteiger partial charge in [0.05, 0.1) is 15.8 Å². The minimum absolute atomic E-state index is 0. The summed E-state index contributed by atoms with van der Waals surface area (Å²) in [6.07, 6.45) is 1.89. The second kappa shape index (κ2) is 7.99. The van der Waals surface area contributed by atoms with Crippen molar-refractivity contribution in [3.63, 3.8) is 0 Å². The van der Waals surface area contributed by atoms with Gasteiger partial charge in [-0.05, 0) is 37.6 Å². The van der Waals surface area contributed by atoms with Crippen molar-refractivity contribution in [2.45, 2.75) is 24.6 Å². The van der Waals surface area contributed by atoms with Crippen LogP contribution in [0.2, 0.25) is 10.0 Å². The van der Waals surface area contributed by atoms with Crippen molar-refractivity contribution >= 4 is 45.6 Å². The first-order valence-electron chi connectivity index (χ1n) is 6.51. The molecule has 1 aliphatic heterocycles. The fourth-order valence-corrected chi connectivity index (χ4v) is 4.28. The molecule has 0 bridgehead atoms. The molecule has 2 rings (SSSR count). The van der Waals surface area contributed by atoms with Gasteiger partial charge in [0.25, 0.3) is 0 Å². The minimum Gasteiger partial charge on any atom is -0.316 e. The predicted molar refractivity (Wildman–Crippen MR) is 90.0 cm³/mol. The smallest absolute Gasteiger partial charge is 0.218 e. The number of benzene rings is 1. The second-order valence-corrected chi connectivity index (χ2v) is 7.77. The third-order valence-corrected chi connectivity index (χ3v) is 6.07. The molecule has 8 heteroatoms. The van der Waals surface area contributed by atoms with Crippen LogP contribution < -0.4 is 5.32 Å². The molecule has 1 aromatic rings. The highest BCUT2D eigenvalue weighted by Crippen LogP contribution is 2.24. The van der Waals surface area contributed by atoms with Crippen LogP contribution in [-0.2, 0) is 15.8 Å². The van der Waals surface area contributed by atoms with Crippen molar-refractivity contribution in [3.8, 4) is 0 Å². The molecule has 0 saturated carbocycles. The van der Waals surface area contributed by atoms with Gasteiger partial charge in [-0.3, -0.25) is 0 Å². The number of nitrogens with one attached hydrogen (secondary N) is 1. The van der Waals surface area contributed by atoms with Crippen molar-refractivity contribution in [3.05, 3.63) is 33.8 Å². The molecular formula is C13H19Cl3N2O2S. The lowest BCUT2D eigenvalue weighted by Crippen LogP contribution is -2.47. The lowest BCUT2D eigenvalue weighted by molar-refractivity contribution is 0.292. The Balaban J connectivity index is 0.00000220. The average molecular weight is 374 g/mol. The Kier molecular flexibility index (Phi) is 7.24. The quantitative estimate of drug-likeness (QED) is 0.883. The van der Waals surface area contributed by atoms with E-state index in [1.165, 1.54) is 0 Å². The molecule has 1 aliphatic rings. The van der Waals surface area contributed by atoms with Crippen LogP contribution >= 0.6 is 35.6 Å². The van der Waals surface area contributed by atoms with Gasteiger partial charge in [0.2, 0.25) is 10.0 Å². The van der Waals surface area contributed by atoms with Crippen molar-refractivity contribution < 1.29 is 8.42 Å². The van der Waals surface area contributed by atoms with Gasteiger partial charge in [0.1, 0.15) is 0 Å². The van der Waals surface area contributed by atoms with Crippen LogP contribution in [0.1, 0.15) is 18.4 Å². The van der Waals surface area contributed by atoms with Gasteiger partial charge in [-0.2, -0.15) is 0 Å². The summed E-state index contributed by atoms with van der Waals surface area (Å²) in [4.78, 5) is 0. The van der Waals surface area contributed by atoms with E-state index in [-0.39, 0.29) is 24.2 Å². The Bertz CT molecular complexity index is 581. The summed E-state index contributed by atoms with van der Waals surface area (Å²) in [5.41, 5.74) is 0.658. The van der Waals surface area contributed by atoms with Gasteiger partial charge in [-0.25, -0.2) is 12.7 Å². The molecule has 1 saturated heterocycles. The van der Waals surface area contributed by atoms with E-state index in [0.29, 0.717) is 28.7 Å².